The number of benzene rings is 1. The van der Waals surface area contributed by atoms with Crippen LogP contribution in [0.5, 0.6) is 0 Å². The highest BCUT2D eigenvalue weighted by atomic mass is 16.7. The summed E-state index contributed by atoms with van der Waals surface area (Å²) in [7, 11) is 1.56. The Balaban J connectivity index is 1.67. The Labute approximate surface area is 133 Å². The van der Waals surface area contributed by atoms with Crippen molar-refractivity contribution in [2.75, 3.05) is 40.0 Å². The fraction of sp³-hybridized carbons (Fsp3) is 0.400. The van der Waals surface area contributed by atoms with Crippen LogP contribution < -0.4 is 10.6 Å². The quantitative estimate of drug-likeness (QED) is 0.473. The number of nitrogens with zero attached hydrogens (tertiary/aromatic N) is 1. The van der Waals surface area contributed by atoms with E-state index in [1.54, 1.807) is 31.4 Å². The van der Waals surface area contributed by atoms with E-state index in [0.717, 1.165) is 5.06 Å². The first-order valence-corrected chi connectivity index (χ1v) is 7.22. The number of hydrogen-bond acceptors (Lipinski definition) is 6. The molecule has 1 aromatic carbocycles. The highest BCUT2D eigenvalue weighted by Crippen LogP contribution is 2.22. The molecule has 0 atom stereocenters. The lowest BCUT2D eigenvalue weighted by Gasteiger charge is -2.13. The number of amides is 3. The molecule has 0 radical (unpaired) electrons. The Morgan fingerprint density at radius 3 is 2.35 bits per heavy atom. The summed E-state index contributed by atoms with van der Waals surface area (Å²) in [6.07, 6.45) is 0. The van der Waals surface area contributed by atoms with Crippen molar-refractivity contribution in [3.05, 3.63) is 35.4 Å². The van der Waals surface area contributed by atoms with Crippen LogP contribution in [0, 0.1) is 0 Å². The van der Waals surface area contributed by atoms with Crippen LogP contribution in [0.1, 0.15) is 20.7 Å². The molecule has 2 N–H and O–H groups in total. The number of hydroxylamine groups is 2. The minimum atomic E-state index is -0.470. The van der Waals surface area contributed by atoms with E-state index in [0.29, 0.717) is 30.8 Å². The fourth-order valence-electron chi connectivity index (χ4n) is 2.05. The van der Waals surface area contributed by atoms with Crippen molar-refractivity contribution in [3.63, 3.8) is 0 Å². The molecular formula is C15H19N3O5. The molecule has 0 unspecified atom stereocenters. The third kappa shape index (κ3) is 4.35. The molecule has 8 heteroatoms. The van der Waals surface area contributed by atoms with Crippen molar-refractivity contribution < 1.29 is 24.0 Å². The minimum Gasteiger partial charge on any atom is -0.383 e. The van der Waals surface area contributed by atoms with Gasteiger partial charge in [0.25, 0.3) is 11.8 Å². The molecule has 23 heavy (non-hydrogen) atoms. The number of ether oxygens (including phenoxy) is 1. The lowest BCUT2D eigenvalue weighted by Crippen LogP contribution is -2.38. The van der Waals surface area contributed by atoms with Gasteiger partial charge in [0.05, 0.1) is 30.9 Å². The smallest absolute Gasteiger partial charge is 0.285 e. The topological polar surface area (TPSA) is 97.0 Å². The second kappa shape index (κ2) is 8.37. The van der Waals surface area contributed by atoms with Crippen LogP contribution in [0.25, 0.3) is 0 Å². The van der Waals surface area contributed by atoms with Gasteiger partial charge in [0.15, 0.2) is 0 Å². The fourth-order valence-corrected chi connectivity index (χ4v) is 2.05. The maximum absolute atomic E-state index is 12.0. The Hall–Kier alpha value is -2.29. The molecule has 0 fully saturated rings. The summed E-state index contributed by atoms with van der Waals surface area (Å²) >= 11 is 0. The second-order valence-electron chi connectivity index (χ2n) is 4.80. The zero-order chi connectivity index (χ0) is 16.7. The van der Waals surface area contributed by atoms with Crippen molar-refractivity contribution in [1.29, 1.82) is 0 Å². The number of hydrogen-bond donors (Lipinski definition) is 2. The first-order chi connectivity index (χ1) is 11.1. The number of nitrogens with one attached hydrogen (secondary N) is 2. The van der Waals surface area contributed by atoms with Crippen molar-refractivity contribution in [2.24, 2.45) is 0 Å². The van der Waals surface area contributed by atoms with Gasteiger partial charge in [0, 0.05) is 20.2 Å². The molecule has 0 aliphatic carbocycles. The van der Waals surface area contributed by atoms with Gasteiger partial charge in [-0.3, -0.25) is 19.2 Å². The summed E-state index contributed by atoms with van der Waals surface area (Å²) in [5.41, 5.74) is 0.672. The molecule has 0 saturated heterocycles. The van der Waals surface area contributed by atoms with E-state index < -0.39 is 11.8 Å². The zero-order valence-corrected chi connectivity index (χ0v) is 12.8. The number of rotatable bonds is 9. The van der Waals surface area contributed by atoms with Crippen LogP contribution in [-0.2, 0) is 14.4 Å². The zero-order valence-electron chi connectivity index (χ0n) is 12.8. The van der Waals surface area contributed by atoms with Crippen molar-refractivity contribution in [1.82, 2.24) is 15.7 Å². The molecule has 0 saturated carbocycles. The monoisotopic (exact) mass is 321 g/mol. The Morgan fingerprint density at radius 2 is 1.74 bits per heavy atom. The van der Waals surface area contributed by atoms with Crippen LogP contribution in [0.15, 0.2) is 24.3 Å². The predicted octanol–water partition coefficient (Wildman–Crippen LogP) is -0.434. The third-order valence-corrected chi connectivity index (χ3v) is 3.17. The molecule has 1 heterocycles. The van der Waals surface area contributed by atoms with E-state index >= 15 is 0 Å². The molecule has 1 aromatic rings. The standard InChI is InChI=1S/C15H19N3O5/c1-22-8-7-17-13(19)10-16-6-9-23-18-14(20)11-4-2-3-5-12(11)15(18)21/h2-5,16H,6-10H2,1H3,(H,17,19). The van der Waals surface area contributed by atoms with E-state index in [1.807, 2.05) is 0 Å². The van der Waals surface area contributed by atoms with Crippen molar-refractivity contribution in [2.45, 2.75) is 0 Å². The van der Waals surface area contributed by atoms with Gasteiger partial charge in [0.2, 0.25) is 5.91 Å². The summed E-state index contributed by atoms with van der Waals surface area (Å²) < 4.78 is 4.81. The third-order valence-electron chi connectivity index (χ3n) is 3.17. The number of carbonyl (C=O) groups excluding carboxylic acids is 3. The number of imide groups is 1. The molecular weight excluding hydrogens is 302 g/mol. The molecule has 0 spiro atoms. The second-order valence-corrected chi connectivity index (χ2v) is 4.80. The SMILES string of the molecule is COCCNC(=O)CNCCON1C(=O)c2ccccc2C1=O. The molecule has 1 aliphatic rings. The molecule has 124 valence electrons. The van der Waals surface area contributed by atoms with Crippen LogP contribution in [-0.4, -0.2) is 62.7 Å². The number of fused-ring (bicyclic) bond motifs is 1. The molecule has 0 aromatic heterocycles. The summed E-state index contributed by atoms with van der Waals surface area (Å²) in [6, 6.07) is 6.55. The van der Waals surface area contributed by atoms with Crippen LogP contribution in [0.4, 0.5) is 0 Å². The first-order valence-electron chi connectivity index (χ1n) is 7.22. The molecule has 1 aliphatic heterocycles. The van der Waals surface area contributed by atoms with Crippen LogP contribution in [0.3, 0.4) is 0 Å². The number of carbonyl (C=O) groups is 3. The summed E-state index contributed by atoms with van der Waals surface area (Å²) in [5, 5.41) is 6.27. The van der Waals surface area contributed by atoms with Gasteiger partial charge in [-0.15, -0.1) is 5.06 Å². The largest absolute Gasteiger partial charge is 0.383 e. The molecule has 3 amide bonds. The summed E-state index contributed by atoms with van der Waals surface area (Å²) in [6.45, 7) is 1.44. The maximum atomic E-state index is 12.0. The number of methoxy groups -OCH3 is 1. The van der Waals surface area contributed by atoms with Gasteiger partial charge < -0.3 is 15.4 Å². The Bertz CT molecular complexity index is 555. The van der Waals surface area contributed by atoms with E-state index in [4.69, 9.17) is 9.57 Å². The van der Waals surface area contributed by atoms with Gasteiger partial charge in [0.1, 0.15) is 0 Å². The van der Waals surface area contributed by atoms with E-state index in [9.17, 15) is 14.4 Å². The molecule has 2 rings (SSSR count). The summed E-state index contributed by atoms with van der Waals surface area (Å²) in [4.78, 5) is 40.6. The first kappa shape index (κ1) is 17.1. The van der Waals surface area contributed by atoms with Crippen LogP contribution >= 0.6 is 0 Å². The average molecular weight is 321 g/mol. The molecule has 8 nitrogen and oxygen atoms in total. The predicted molar refractivity (Wildman–Crippen MR) is 80.6 cm³/mol. The van der Waals surface area contributed by atoms with E-state index in [2.05, 4.69) is 10.6 Å². The van der Waals surface area contributed by atoms with Gasteiger partial charge in [-0.05, 0) is 12.1 Å². The highest BCUT2D eigenvalue weighted by molar-refractivity contribution is 6.20. The Kier molecular flexibility index (Phi) is 6.21. The van der Waals surface area contributed by atoms with Crippen molar-refractivity contribution >= 4 is 17.7 Å². The highest BCUT2D eigenvalue weighted by Gasteiger charge is 2.36. The van der Waals surface area contributed by atoms with Gasteiger partial charge in [-0.1, -0.05) is 12.1 Å². The van der Waals surface area contributed by atoms with Gasteiger partial charge >= 0.3 is 0 Å². The van der Waals surface area contributed by atoms with E-state index in [-0.39, 0.29) is 19.1 Å². The molecule has 0 bridgehead atoms. The summed E-state index contributed by atoms with van der Waals surface area (Å²) in [5.74, 6) is -1.10. The van der Waals surface area contributed by atoms with Gasteiger partial charge in [-0.2, -0.15) is 0 Å². The maximum Gasteiger partial charge on any atom is 0.285 e. The average Bonchev–Trinajstić information content (AvgIpc) is 2.80. The lowest BCUT2D eigenvalue weighted by molar-refractivity contribution is -0.120. The lowest BCUT2D eigenvalue weighted by atomic mass is 10.1. The van der Waals surface area contributed by atoms with Crippen molar-refractivity contribution in [3.8, 4) is 0 Å². The normalized spacial score (nSPS) is 13.3. The van der Waals surface area contributed by atoms with Crippen LogP contribution in [0.2, 0.25) is 0 Å². The van der Waals surface area contributed by atoms with E-state index in [1.165, 1.54) is 0 Å². The van der Waals surface area contributed by atoms with Gasteiger partial charge in [-0.25, -0.2) is 0 Å². The Morgan fingerprint density at radius 1 is 1.09 bits per heavy atom. The minimum absolute atomic E-state index is 0.0941.